The largest absolute Gasteiger partial charge is 0.374 e. The SMILES string of the molecule is O=C1CCC(c2ccccc2)=C1CC(=O)N1CCCO[C@@H](Cn2cccn2)C1. The fraction of sp³-hybridized carbons (Fsp3) is 0.409. The van der Waals surface area contributed by atoms with Gasteiger partial charge in [-0.1, -0.05) is 30.3 Å². The van der Waals surface area contributed by atoms with Crippen LogP contribution >= 0.6 is 0 Å². The first-order valence-corrected chi connectivity index (χ1v) is 9.88. The Morgan fingerprint density at radius 3 is 2.82 bits per heavy atom. The quantitative estimate of drug-likeness (QED) is 0.801. The number of nitrogens with zero attached hydrogens (tertiary/aromatic N) is 3. The van der Waals surface area contributed by atoms with Crippen LogP contribution in [0.15, 0.2) is 54.4 Å². The number of hydrogen-bond acceptors (Lipinski definition) is 4. The molecule has 0 bridgehead atoms. The van der Waals surface area contributed by atoms with Crippen molar-refractivity contribution in [2.45, 2.75) is 38.3 Å². The lowest BCUT2D eigenvalue weighted by Crippen LogP contribution is -2.38. The summed E-state index contributed by atoms with van der Waals surface area (Å²) < 4.78 is 7.73. The highest BCUT2D eigenvalue weighted by Gasteiger charge is 2.29. The van der Waals surface area contributed by atoms with Crippen LogP contribution in [0, 0.1) is 0 Å². The molecule has 6 nitrogen and oxygen atoms in total. The fourth-order valence-corrected chi connectivity index (χ4v) is 3.98. The summed E-state index contributed by atoms with van der Waals surface area (Å²) in [7, 11) is 0. The normalized spacial score (nSPS) is 20.5. The van der Waals surface area contributed by atoms with Crippen LogP contribution in [0.4, 0.5) is 0 Å². The molecule has 1 saturated heterocycles. The van der Waals surface area contributed by atoms with E-state index in [1.807, 2.05) is 52.2 Å². The number of ether oxygens (including phenoxy) is 1. The molecule has 1 fully saturated rings. The van der Waals surface area contributed by atoms with Gasteiger partial charge >= 0.3 is 0 Å². The van der Waals surface area contributed by atoms with E-state index in [1.165, 1.54) is 0 Å². The standard InChI is InChI=1S/C22H25N3O3/c26-21-9-8-19(17-6-2-1-3-7-17)20(21)14-22(27)24-11-5-13-28-18(15-24)16-25-12-4-10-23-25/h1-4,6-7,10,12,18H,5,8-9,11,13-16H2/t18-/m1/s1. The van der Waals surface area contributed by atoms with E-state index in [0.29, 0.717) is 38.2 Å². The smallest absolute Gasteiger partial charge is 0.227 e. The van der Waals surface area contributed by atoms with Crippen molar-refractivity contribution in [1.82, 2.24) is 14.7 Å². The zero-order valence-electron chi connectivity index (χ0n) is 15.9. The van der Waals surface area contributed by atoms with Gasteiger partial charge in [-0.3, -0.25) is 14.3 Å². The van der Waals surface area contributed by atoms with Crippen LogP contribution in [0.2, 0.25) is 0 Å². The number of carbonyl (C=O) groups is 2. The van der Waals surface area contributed by atoms with Gasteiger partial charge in [0.2, 0.25) is 5.91 Å². The van der Waals surface area contributed by atoms with Crippen molar-refractivity contribution >= 4 is 17.3 Å². The summed E-state index contributed by atoms with van der Waals surface area (Å²) in [6.45, 7) is 2.44. The Bertz CT molecular complexity index is 858. The maximum absolute atomic E-state index is 13.0. The van der Waals surface area contributed by atoms with Crippen LogP contribution in [0.3, 0.4) is 0 Å². The molecular weight excluding hydrogens is 354 g/mol. The molecule has 1 aromatic heterocycles. The molecule has 146 valence electrons. The first kappa shape index (κ1) is 18.6. The molecule has 1 amide bonds. The Balaban J connectivity index is 1.47. The maximum Gasteiger partial charge on any atom is 0.227 e. The number of hydrogen-bond donors (Lipinski definition) is 0. The van der Waals surface area contributed by atoms with E-state index < -0.39 is 0 Å². The summed E-state index contributed by atoms with van der Waals surface area (Å²) in [5.41, 5.74) is 2.76. The summed E-state index contributed by atoms with van der Waals surface area (Å²) in [6, 6.07) is 11.8. The minimum absolute atomic E-state index is 0.00893. The van der Waals surface area contributed by atoms with Crippen LogP contribution in [0.1, 0.15) is 31.2 Å². The lowest BCUT2D eigenvalue weighted by atomic mass is 9.99. The average molecular weight is 379 g/mol. The summed E-state index contributed by atoms with van der Waals surface area (Å²) in [4.78, 5) is 27.3. The van der Waals surface area contributed by atoms with E-state index in [0.717, 1.165) is 24.0 Å². The van der Waals surface area contributed by atoms with Gasteiger partial charge < -0.3 is 9.64 Å². The summed E-state index contributed by atoms with van der Waals surface area (Å²) in [5.74, 6) is 0.112. The van der Waals surface area contributed by atoms with E-state index in [4.69, 9.17) is 4.74 Å². The molecule has 0 saturated carbocycles. The Morgan fingerprint density at radius 1 is 1.18 bits per heavy atom. The van der Waals surface area contributed by atoms with Crippen molar-refractivity contribution in [2.24, 2.45) is 0 Å². The Labute approximate surface area is 164 Å². The van der Waals surface area contributed by atoms with E-state index in [-0.39, 0.29) is 24.2 Å². The third-order valence-electron chi connectivity index (χ3n) is 5.41. The minimum atomic E-state index is -0.0896. The van der Waals surface area contributed by atoms with Crippen LogP contribution in [0.5, 0.6) is 0 Å². The van der Waals surface area contributed by atoms with Gasteiger partial charge in [0, 0.05) is 44.1 Å². The number of ketones is 1. The Kier molecular flexibility index (Phi) is 5.67. The molecule has 1 aromatic carbocycles. The molecule has 4 rings (SSSR count). The molecule has 1 aliphatic heterocycles. The number of Topliss-reactive ketones (excluding diaryl/α,β-unsaturated/α-hetero) is 1. The lowest BCUT2D eigenvalue weighted by molar-refractivity contribution is -0.132. The highest BCUT2D eigenvalue weighted by Crippen LogP contribution is 2.33. The van der Waals surface area contributed by atoms with Gasteiger partial charge in [-0.15, -0.1) is 0 Å². The second-order valence-corrected chi connectivity index (χ2v) is 7.34. The van der Waals surface area contributed by atoms with Gasteiger partial charge in [-0.25, -0.2) is 0 Å². The van der Waals surface area contributed by atoms with Crippen molar-refractivity contribution in [3.63, 3.8) is 0 Å². The fourth-order valence-electron chi connectivity index (χ4n) is 3.98. The summed E-state index contributed by atoms with van der Waals surface area (Å²) >= 11 is 0. The van der Waals surface area contributed by atoms with Crippen LogP contribution in [-0.2, 0) is 20.9 Å². The molecule has 0 unspecified atom stereocenters. The van der Waals surface area contributed by atoms with Crippen molar-refractivity contribution in [1.29, 1.82) is 0 Å². The van der Waals surface area contributed by atoms with Crippen molar-refractivity contribution in [2.75, 3.05) is 19.7 Å². The van der Waals surface area contributed by atoms with Gasteiger partial charge in [0.15, 0.2) is 5.78 Å². The number of amides is 1. The Morgan fingerprint density at radius 2 is 2.04 bits per heavy atom. The van der Waals surface area contributed by atoms with Crippen LogP contribution < -0.4 is 0 Å². The van der Waals surface area contributed by atoms with Gasteiger partial charge in [0.25, 0.3) is 0 Å². The second kappa shape index (κ2) is 8.52. The molecule has 1 aliphatic carbocycles. The van der Waals surface area contributed by atoms with Crippen LogP contribution in [0.25, 0.3) is 5.57 Å². The number of rotatable bonds is 5. The van der Waals surface area contributed by atoms with Crippen molar-refractivity contribution < 1.29 is 14.3 Å². The van der Waals surface area contributed by atoms with E-state index >= 15 is 0 Å². The monoisotopic (exact) mass is 379 g/mol. The van der Waals surface area contributed by atoms with E-state index in [2.05, 4.69) is 5.10 Å². The number of benzene rings is 1. The highest BCUT2D eigenvalue weighted by atomic mass is 16.5. The molecule has 0 spiro atoms. The maximum atomic E-state index is 13.0. The zero-order chi connectivity index (χ0) is 19.3. The van der Waals surface area contributed by atoms with Gasteiger partial charge in [-0.2, -0.15) is 5.10 Å². The molecule has 2 heterocycles. The van der Waals surface area contributed by atoms with Crippen molar-refractivity contribution in [3.05, 3.63) is 59.9 Å². The lowest BCUT2D eigenvalue weighted by Gasteiger charge is -2.24. The molecule has 2 aliphatic rings. The molecule has 2 aromatic rings. The number of carbonyl (C=O) groups excluding carboxylic acids is 2. The number of allylic oxidation sites excluding steroid dienone is 1. The third kappa shape index (κ3) is 4.22. The highest BCUT2D eigenvalue weighted by molar-refractivity contribution is 6.10. The first-order chi connectivity index (χ1) is 13.7. The molecule has 28 heavy (non-hydrogen) atoms. The third-order valence-corrected chi connectivity index (χ3v) is 5.41. The average Bonchev–Trinajstić information content (AvgIpc) is 3.27. The summed E-state index contributed by atoms with van der Waals surface area (Å²) in [6.07, 6.45) is 5.75. The van der Waals surface area contributed by atoms with E-state index in [9.17, 15) is 9.59 Å². The van der Waals surface area contributed by atoms with E-state index in [1.54, 1.807) is 6.20 Å². The molecule has 0 radical (unpaired) electrons. The molecule has 0 N–H and O–H groups in total. The van der Waals surface area contributed by atoms with Gasteiger partial charge in [0.05, 0.1) is 19.1 Å². The van der Waals surface area contributed by atoms with Gasteiger partial charge in [0.1, 0.15) is 0 Å². The molecule has 1 atom stereocenters. The Hall–Kier alpha value is -2.73. The predicted molar refractivity (Wildman–Crippen MR) is 105 cm³/mol. The molecule has 6 heteroatoms. The number of aromatic nitrogens is 2. The predicted octanol–water partition coefficient (Wildman–Crippen LogP) is 2.71. The van der Waals surface area contributed by atoms with Crippen LogP contribution in [-0.4, -0.2) is 52.2 Å². The molecular formula is C22H25N3O3. The van der Waals surface area contributed by atoms with Crippen molar-refractivity contribution in [3.8, 4) is 0 Å². The summed E-state index contributed by atoms with van der Waals surface area (Å²) in [5, 5.41) is 4.23. The minimum Gasteiger partial charge on any atom is -0.374 e. The zero-order valence-corrected chi connectivity index (χ0v) is 15.9. The first-order valence-electron chi connectivity index (χ1n) is 9.88. The topological polar surface area (TPSA) is 64.4 Å². The second-order valence-electron chi connectivity index (χ2n) is 7.34. The van der Waals surface area contributed by atoms with Gasteiger partial charge in [-0.05, 0) is 30.0 Å².